The van der Waals surface area contributed by atoms with Gasteiger partial charge in [0.25, 0.3) is 0 Å². The lowest BCUT2D eigenvalue weighted by Gasteiger charge is -2.08. The summed E-state index contributed by atoms with van der Waals surface area (Å²) in [7, 11) is 0. The van der Waals surface area contributed by atoms with Crippen LogP contribution in [0.5, 0.6) is 0 Å². The summed E-state index contributed by atoms with van der Waals surface area (Å²) in [6.45, 7) is 1.88. The van der Waals surface area contributed by atoms with Crippen molar-refractivity contribution in [2.75, 3.05) is 10.6 Å². The fourth-order valence-electron chi connectivity index (χ4n) is 1.04. The second-order valence-corrected chi connectivity index (χ2v) is 4.10. The van der Waals surface area contributed by atoms with Gasteiger partial charge in [0.1, 0.15) is 0 Å². The smallest absolute Gasteiger partial charge is 0.225 e. The third-order valence-corrected chi connectivity index (χ3v) is 2.67. The van der Waals surface area contributed by atoms with E-state index in [1.165, 1.54) is 0 Å². The number of carbonyl (C=O) groups excluding carboxylic acids is 1. The lowest BCUT2D eigenvalue weighted by Crippen LogP contribution is -2.12. The van der Waals surface area contributed by atoms with Gasteiger partial charge in [-0.05, 0) is 24.6 Å². The first kappa shape index (κ1) is 11.5. The van der Waals surface area contributed by atoms with Crippen molar-refractivity contribution < 1.29 is 4.79 Å². The molecule has 2 nitrogen and oxygen atoms in total. The summed E-state index contributed by atoms with van der Waals surface area (Å²) in [6.07, 6.45) is 0.464. The molecule has 1 N–H and O–H groups in total. The van der Waals surface area contributed by atoms with E-state index in [2.05, 4.69) is 21.2 Å². The number of nitrogens with one attached hydrogen (secondary N) is 1. The van der Waals surface area contributed by atoms with Crippen LogP contribution in [0.25, 0.3) is 0 Å². The van der Waals surface area contributed by atoms with Crippen LogP contribution >= 0.6 is 27.5 Å². The number of carbonyl (C=O) groups is 1. The first-order valence-electron chi connectivity index (χ1n) is 4.26. The van der Waals surface area contributed by atoms with Crippen molar-refractivity contribution >= 4 is 39.1 Å². The average molecular weight is 277 g/mol. The highest BCUT2D eigenvalue weighted by molar-refractivity contribution is 9.09. The number of anilines is 1. The minimum atomic E-state index is -0.00718. The SMILES string of the molecule is Cc1c(Cl)cccc1NC(=O)CCBr. The van der Waals surface area contributed by atoms with Gasteiger partial charge in [-0.3, -0.25) is 4.79 Å². The molecule has 0 bridgehead atoms. The van der Waals surface area contributed by atoms with Crippen molar-refractivity contribution in [3.63, 3.8) is 0 Å². The van der Waals surface area contributed by atoms with E-state index in [4.69, 9.17) is 11.6 Å². The van der Waals surface area contributed by atoms with Gasteiger partial charge in [0, 0.05) is 22.5 Å². The highest BCUT2D eigenvalue weighted by Gasteiger charge is 2.05. The third-order valence-electron chi connectivity index (χ3n) is 1.86. The molecule has 0 spiro atoms. The Labute approximate surface area is 96.8 Å². The zero-order valence-corrected chi connectivity index (χ0v) is 10.2. The van der Waals surface area contributed by atoms with Crippen LogP contribution in [0.4, 0.5) is 5.69 Å². The van der Waals surface area contributed by atoms with Crippen LogP contribution in [0, 0.1) is 6.92 Å². The molecule has 0 saturated carbocycles. The number of hydrogen-bond acceptors (Lipinski definition) is 1. The van der Waals surface area contributed by atoms with E-state index >= 15 is 0 Å². The van der Waals surface area contributed by atoms with Gasteiger partial charge in [-0.25, -0.2) is 0 Å². The van der Waals surface area contributed by atoms with Gasteiger partial charge in [-0.15, -0.1) is 0 Å². The van der Waals surface area contributed by atoms with Crippen LogP contribution in [0.15, 0.2) is 18.2 Å². The van der Waals surface area contributed by atoms with Crippen LogP contribution in [-0.4, -0.2) is 11.2 Å². The Kier molecular flexibility index (Phi) is 4.42. The van der Waals surface area contributed by atoms with Crippen molar-refractivity contribution in [3.8, 4) is 0 Å². The maximum absolute atomic E-state index is 11.3. The van der Waals surface area contributed by atoms with Gasteiger partial charge < -0.3 is 5.32 Å². The fraction of sp³-hybridized carbons (Fsp3) is 0.300. The van der Waals surface area contributed by atoms with Crippen molar-refractivity contribution in [2.24, 2.45) is 0 Å². The molecule has 1 aromatic rings. The minimum absolute atomic E-state index is 0.00718. The second-order valence-electron chi connectivity index (χ2n) is 2.90. The van der Waals surface area contributed by atoms with E-state index in [0.29, 0.717) is 16.8 Å². The van der Waals surface area contributed by atoms with Gasteiger partial charge in [-0.2, -0.15) is 0 Å². The zero-order chi connectivity index (χ0) is 10.6. The Morgan fingerprint density at radius 3 is 2.93 bits per heavy atom. The number of rotatable bonds is 3. The molecular formula is C10H11BrClNO. The van der Waals surface area contributed by atoms with Gasteiger partial charge in [-0.1, -0.05) is 33.6 Å². The summed E-state index contributed by atoms with van der Waals surface area (Å²) in [5.41, 5.74) is 1.68. The number of halogens is 2. The number of hydrogen-bond donors (Lipinski definition) is 1. The van der Waals surface area contributed by atoms with Gasteiger partial charge in [0.2, 0.25) is 5.91 Å². The molecule has 0 fully saturated rings. The van der Waals surface area contributed by atoms with E-state index in [1.54, 1.807) is 6.07 Å². The third kappa shape index (κ3) is 3.00. The Morgan fingerprint density at radius 2 is 2.29 bits per heavy atom. The molecular weight excluding hydrogens is 265 g/mol. The summed E-state index contributed by atoms with van der Waals surface area (Å²) >= 11 is 9.12. The Morgan fingerprint density at radius 1 is 1.57 bits per heavy atom. The van der Waals surface area contributed by atoms with E-state index in [-0.39, 0.29) is 5.91 Å². The topological polar surface area (TPSA) is 29.1 Å². The van der Waals surface area contributed by atoms with Crippen LogP contribution in [0.1, 0.15) is 12.0 Å². The fourth-order valence-corrected chi connectivity index (χ4v) is 1.58. The highest BCUT2D eigenvalue weighted by Crippen LogP contribution is 2.22. The molecule has 0 heterocycles. The standard InChI is InChI=1S/C10H11BrClNO/c1-7-8(12)3-2-4-9(7)13-10(14)5-6-11/h2-4H,5-6H2,1H3,(H,13,14). The van der Waals surface area contributed by atoms with Crippen LogP contribution in [0.2, 0.25) is 5.02 Å². The van der Waals surface area contributed by atoms with Crippen molar-refractivity contribution in [1.29, 1.82) is 0 Å². The summed E-state index contributed by atoms with van der Waals surface area (Å²) in [5.74, 6) is -0.00718. The molecule has 1 rings (SSSR count). The van der Waals surface area contributed by atoms with Crippen LogP contribution in [0.3, 0.4) is 0 Å². The molecule has 0 aliphatic heterocycles. The normalized spacial score (nSPS) is 9.93. The molecule has 0 aliphatic rings. The second kappa shape index (κ2) is 5.37. The number of amides is 1. The molecule has 1 amide bonds. The van der Waals surface area contributed by atoms with Crippen LogP contribution in [-0.2, 0) is 4.79 Å². The van der Waals surface area contributed by atoms with Crippen LogP contribution < -0.4 is 5.32 Å². The molecule has 14 heavy (non-hydrogen) atoms. The molecule has 0 aromatic heterocycles. The maximum Gasteiger partial charge on any atom is 0.225 e. The van der Waals surface area contributed by atoms with E-state index in [9.17, 15) is 4.79 Å². The van der Waals surface area contributed by atoms with Gasteiger partial charge in [0.05, 0.1) is 0 Å². The van der Waals surface area contributed by atoms with Gasteiger partial charge >= 0.3 is 0 Å². The molecule has 0 radical (unpaired) electrons. The molecule has 0 unspecified atom stereocenters. The first-order valence-corrected chi connectivity index (χ1v) is 5.76. The monoisotopic (exact) mass is 275 g/mol. The predicted molar refractivity (Wildman–Crippen MR) is 63.2 cm³/mol. The van der Waals surface area contributed by atoms with Crippen molar-refractivity contribution in [2.45, 2.75) is 13.3 Å². The lowest BCUT2D eigenvalue weighted by atomic mass is 10.2. The summed E-state index contributed by atoms with van der Waals surface area (Å²) < 4.78 is 0. The average Bonchev–Trinajstić information content (AvgIpc) is 2.13. The summed E-state index contributed by atoms with van der Waals surface area (Å²) in [6, 6.07) is 5.46. The summed E-state index contributed by atoms with van der Waals surface area (Å²) in [5, 5.41) is 4.13. The molecule has 0 atom stereocenters. The number of benzene rings is 1. The Balaban J connectivity index is 2.76. The van der Waals surface area contributed by atoms with Crippen molar-refractivity contribution in [1.82, 2.24) is 0 Å². The summed E-state index contributed by atoms with van der Waals surface area (Å²) in [4.78, 5) is 11.3. The largest absolute Gasteiger partial charge is 0.326 e. The van der Waals surface area contributed by atoms with E-state index in [1.807, 2.05) is 19.1 Å². The molecule has 1 aromatic carbocycles. The quantitative estimate of drug-likeness (QED) is 0.843. The highest BCUT2D eigenvalue weighted by atomic mass is 79.9. The zero-order valence-electron chi connectivity index (χ0n) is 7.81. The first-order chi connectivity index (χ1) is 6.65. The molecule has 76 valence electrons. The van der Waals surface area contributed by atoms with Crippen molar-refractivity contribution in [3.05, 3.63) is 28.8 Å². The molecule has 4 heteroatoms. The van der Waals surface area contributed by atoms with E-state index < -0.39 is 0 Å². The predicted octanol–water partition coefficient (Wildman–Crippen LogP) is 3.37. The van der Waals surface area contributed by atoms with Gasteiger partial charge in [0.15, 0.2) is 0 Å². The van der Waals surface area contributed by atoms with E-state index in [0.717, 1.165) is 11.3 Å². The Bertz CT molecular complexity index is 341. The Hall–Kier alpha value is -0.540. The number of alkyl halides is 1. The molecule has 0 aliphatic carbocycles. The minimum Gasteiger partial charge on any atom is -0.326 e. The maximum atomic E-state index is 11.3. The lowest BCUT2D eigenvalue weighted by molar-refractivity contribution is -0.115. The molecule has 0 saturated heterocycles.